The first-order valence-electron chi connectivity index (χ1n) is 3.56. The molecule has 5 nitrogen and oxygen atoms in total. The Balaban J connectivity index is 2.71. The maximum absolute atomic E-state index is 10.8. The molecule has 1 heterocycles. The van der Waals surface area contributed by atoms with E-state index in [4.69, 9.17) is 5.73 Å². The van der Waals surface area contributed by atoms with Gasteiger partial charge >= 0.3 is 5.69 Å². The van der Waals surface area contributed by atoms with Crippen molar-refractivity contribution < 1.29 is 0 Å². The molecule has 11 heavy (non-hydrogen) atoms. The van der Waals surface area contributed by atoms with Crippen molar-refractivity contribution in [2.45, 2.75) is 12.8 Å². The summed E-state index contributed by atoms with van der Waals surface area (Å²) in [5.74, 6) is 0.764. The molecule has 0 aliphatic rings. The van der Waals surface area contributed by atoms with Crippen LogP contribution in [0.4, 0.5) is 0 Å². The molecular formula is C6H12N4O. The fourth-order valence-corrected chi connectivity index (χ4v) is 0.863. The number of hydrogen-bond acceptors (Lipinski definition) is 3. The summed E-state index contributed by atoms with van der Waals surface area (Å²) >= 11 is 0. The van der Waals surface area contributed by atoms with Crippen molar-refractivity contribution in [1.82, 2.24) is 14.8 Å². The number of aromatic nitrogens is 3. The van der Waals surface area contributed by atoms with Crippen LogP contribution in [0.15, 0.2) is 4.79 Å². The van der Waals surface area contributed by atoms with E-state index in [1.807, 2.05) is 0 Å². The van der Waals surface area contributed by atoms with Gasteiger partial charge in [0.25, 0.3) is 0 Å². The van der Waals surface area contributed by atoms with Crippen molar-refractivity contribution in [1.29, 1.82) is 0 Å². The van der Waals surface area contributed by atoms with E-state index in [1.54, 1.807) is 7.05 Å². The van der Waals surface area contributed by atoms with Crippen LogP contribution in [0.5, 0.6) is 0 Å². The SMILES string of the molecule is Cn1c(CCCN)n[nH]c1=O. The van der Waals surface area contributed by atoms with Gasteiger partial charge in [0.05, 0.1) is 0 Å². The molecule has 0 aliphatic carbocycles. The molecule has 0 unspecified atom stereocenters. The van der Waals surface area contributed by atoms with Crippen LogP contribution in [0.3, 0.4) is 0 Å². The molecule has 62 valence electrons. The summed E-state index contributed by atoms with van der Waals surface area (Å²) in [5.41, 5.74) is 5.14. The van der Waals surface area contributed by atoms with Crippen molar-refractivity contribution in [3.05, 3.63) is 16.3 Å². The van der Waals surface area contributed by atoms with Gasteiger partial charge in [-0.05, 0) is 13.0 Å². The van der Waals surface area contributed by atoms with Crippen LogP contribution in [0.2, 0.25) is 0 Å². The molecule has 0 bridgehead atoms. The lowest BCUT2D eigenvalue weighted by Gasteiger charge is -1.95. The second-order valence-electron chi connectivity index (χ2n) is 2.40. The number of hydrogen-bond donors (Lipinski definition) is 2. The molecule has 1 aromatic heterocycles. The summed E-state index contributed by atoms with van der Waals surface area (Å²) in [5, 5.41) is 6.19. The summed E-state index contributed by atoms with van der Waals surface area (Å²) in [6.45, 7) is 0.626. The van der Waals surface area contributed by atoms with E-state index in [2.05, 4.69) is 10.2 Å². The lowest BCUT2D eigenvalue weighted by atomic mass is 10.3. The molecule has 0 fully saturated rings. The van der Waals surface area contributed by atoms with Gasteiger partial charge in [0.15, 0.2) is 0 Å². The van der Waals surface area contributed by atoms with Crippen molar-refractivity contribution in [2.75, 3.05) is 6.54 Å². The topological polar surface area (TPSA) is 76.7 Å². The number of rotatable bonds is 3. The Hall–Kier alpha value is -1.10. The van der Waals surface area contributed by atoms with Gasteiger partial charge < -0.3 is 5.73 Å². The first kappa shape index (κ1) is 8.00. The first-order valence-corrected chi connectivity index (χ1v) is 3.56. The Morgan fingerprint density at radius 1 is 1.73 bits per heavy atom. The van der Waals surface area contributed by atoms with Crippen LogP contribution in [0, 0.1) is 0 Å². The minimum absolute atomic E-state index is 0.169. The molecule has 0 aromatic carbocycles. The molecule has 0 spiro atoms. The summed E-state index contributed by atoms with van der Waals surface area (Å²) in [7, 11) is 1.69. The molecule has 0 saturated heterocycles. The number of aryl methyl sites for hydroxylation is 1. The predicted molar refractivity (Wildman–Crippen MR) is 41.2 cm³/mol. The summed E-state index contributed by atoms with van der Waals surface area (Å²) in [6.07, 6.45) is 1.61. The standard InChI is InChI=1S/C6H12N4O/c1-10-5(3-2-4-7)8-9-6(10)11/h2-4,7H2,1H3,(H,9,11). The van der Waals surface area contributed by atoms with Crippen LogP contribution in [0.1, 0.15) is 12.2 Å². The van der Waals surface area contributed by atoms with Crippen LogP contribution in [-0.4, -0.2) is 21.3 Å². The Kier molecular flexibility index (Phi) is 2.43. The molecule has 1 rings (SSSR count). The first-order chi connectivity index (χ1) is 5.25. The van der Waals surface area contributed by atoms with E-state index in [-0.39, 0.29) is 5.69 Å². The molecule has 0 aliphatic heterocycles. The van der Waals surface area contributed by atoms with Gasteiger partial charge in [-0.1, -0.05) is 0 Å². The lowest BCUT2D eigenvalue weighted by molar-refractivity contribution is 0.720. The van der Waals surface area contributed by atoms with Gasteiger partial charge in [-0.2, -0.15) is 5.10 Å². The lowest BCUT2D eigenvalue weighted by Crippen LogP contribution is -2.15. The van der Waals surface area contributed by atoms with Crippen LogP contribution in [-0.2, 0) is 13.5 Å². The van der Waals surface area contributed by atoms with Gasteiger partial charge in [0, 0.05) is 13.5 Å². The van der Waals surface area contributed by atoms with Crippen LogP contribution >= 0.6 is 0 Å². The van der Waals surface area contributed by atoms with E-state index in [0.717, 1.165) is 18.7 Å². The number of nitrogens with two attached hydrogens (primary N) is 1. The van der Waals surface area contributed by atoms with Crippen molar-refractivity contribution in [3.8, 4) is 0 Å². The molecule has 1 aromatic rings. The number of H-pyrrole nitrogens is 1. The van der Waals surface area contributed by atoms with Crippen molar-refractivity contribution >= 4 is 0 Å². The fraction of sp³-hybridized carbons (Fsp3) is 0.667. The smallest absolute Gasteiger partial charge is 0.330 e. The van der Waals surface area contributed by atoms with Gasteiger partial charge in [0.2, 0.25) is 0 Å². The van der Waals surface area contributed by atoms with E-state index in [1.165, 1.54) is 4.57 Å². The van der Waals surface area contributed by atoms with E-state index < -0.39 is 0 Å². The zero-order valence-corrected chi connectivity index (χ0v) is 6.50. The Morgan fingerprint density at radius 2 is 2.45 bits per heavy atom. The Bertz CT molecular complexity index is 274. The van der Waals surface area contributed by atoms with Gasteiger partial charge in [-0.25, -0.2) is 9.89 Å². The van der Waals surface area contributed by atoms with Gasteiger partial charge in [-0.3, -0.25) is 4.57 Å². The van der Waals surface area contributed by atoms with Crippen LogP contribution in [0.25, 0.3) is 0 Å². The zero-order valence-electron chi connectivity index (χ0n) is 6.50. The third-order valence-electron chi connectivity index (χ3n) is 1.58. The highest BCUT2D eigenvalue weighted by molar-refractivity contribution is 4.84. The molecular weight excluding hydrogens is 144 g/mol. The monoisotopic (exact) mass is 156 g/mol. The van der Waals surface area contributed by atoms with Gasteiger partial charge in [0.1, 0.15) is 5.82 Å². The zero-order chi connectivity index (χ0) is 8.27. The predicted octanol–water partition coefficient (Wildman–Crippen LogP) is -1.00. The van der Waals surface area contributed by atoms with Gasteiger partial charge in [-0.15, -0.1) is 0 Å². The average molecular weight is 156 g/mol. The highest BCUT2D eigenvalue weighted by atomic mass is 16.1. The number of aromatic amines is 1. The maximum Gasteiger partial charge on any atom is 0.343 e. The second-order valence-corrected chi connectivity index (χ2v) is 2.40. The average Bonchev–Trinajstić information content (AvgIpc) is 2.31. The fourth-order valence-electron chi connectivity index (χ4n) is 0.863. The largest absolute Gasteiger partial charge is 0.343 e. The number of nitrogens with one attached hydrogen (secondary N) is 1. The minimum Gasteiger partial charge on any atom is -0.330 e. The van der Waals surface area contributed by atoms with E-state index >= 15 is 0 Å². The molecule has 5 heteroatoms. The third-order valence-corrected chi connectivity index (χ3v) is 1.58. The minimum atomic E-state index is -0.169. The molecule has 0 radical (unpaired) electrons. The molecule has 3 N–H and O–H groups in total. The highest BCUT2D eigenvalue weighted by Gasteiger charge is 2.01. The summed E-state index contributed by atoms with van der Waals surface area (Å²) in [4.78, 5) is 10.8. The second kappa shape index (κ2) is 3.34. The highest BCUT2D eigenvalue weighted by Crippen LogP contribution is 1.91. The van der Waals surface area contributed by atoms with Crippen molar-refractivity contribution in [2.24, 2.45) is 12.8 Å². The quantitative estimate of drug-likeness (QED) is 0.589. The molecule has 0 saturated carbocycles. The Labute approximate surface area is 64.2 Å². The normalized spacial score (nSPS) is 10.4. The maximum atomic E-state index is 10.8. The number of nitrogens with zero attached hydrogens (tertiary/aromatic N) is 2. The Morgan fingerprint density at radius 3 is 2.91 bits per heavy atom. The third kappa shape index (κ3) is 1.68. The van der Waals surface area contributed by atoms with Crippen LogP contribution < -0.4 is 11.4 Å². The summed E-state index contributed by atoms with van der Waals surface area (Å²) < 4.78 is 1.50. The summed E-state index contributed by atoms with van der Waals surface area (Å²) in [6, 6.07) is 0. The van der Waals surface area contributed by atoms with E-state index in [0.29, 0.717) is 6.54 Å². The van der Waals surface area contributed by atoms with E-state index in [9.17, 15) is 4.79 Å². The molecule has 0 amide bonds. The van der Waals surface area contributed by atoms with Crippen molar-refractivity contribution in [3.63, 3.8) is 0 Å². The molecule has 0 atom stereocenters.